The van der Waals surface area contributed by atoms with Gasteiger partial charge in [-0.2, -0.15) is 5.06 Å². The van der Waals surface area contributed by atoms with Gasteiger partial charge in [-0.3, -0.25) is 10.0 Å². The molecule has 0 fully saturated rings. The first-order valence-corrected chi connectivity index (χ1v) is 4.80. The van der Waals surface area contributed by atoms with E-state index in [0.717, 1.165) is 0 Å². The highest BCUT2D eigenvalue weighted by atomic mass is 35.5. The second-order valence-electron chi connectivity index (χ2n) is 3.16. The molecular weight excluding hydrogens is 225 g/mol. The van der Waals surface area contributed by atoms with E-state index in [1.165, 1.54) is 0 Å². The maximum absolute atomic E-state index is 11.4. The molecule has 1 aliphatic heterocycles. The van der Waals surface area contributed by atoms with E-state index in [9.17, 15) is 10.0 Å². The molecule has 14 heavy (non-hydrogen) atoms. The van der Waals surface area contributed by atoms with Gasteiger partial charge in [0, 0.05) is 10.6 Å². The highest BCUT2D eigenvalue weighted by molar-refractivity contribution is 6.37. The standard InChI is InChI=1S/C9H7Cl2NO2/c1-4-7-5(10)2-3-6(11)8(7)12(14)9(4)13/h2-4,14H,1H3. The fourth-order valence-electron chi connectivity index (χ4n) is 1.60. The summed E-state index contributed by atoms with van der Waals surface area (Å²) < 4.78 is 0. The molecule has 1 unspecified atom stereocenters. The number of rotatable bonds is 0. The molecule has 0 saturated heterocycles. The van der Waals surface area contributed by atoms with Crippen LogP contribution >= 0.6 is 23.2 Å². The zero-order valence-corrected chi connectivity index (χ0v) is 8.80. The summed E-state index contributed by atoms with van der Waals surface area (Å²) in [5, 5.41) is 10.8. The summed E-state index contributed by atoms with van der Waals surface area (Å²) in [6, 6.07) is 3.17. The van der Waals surface area contributed by atoms with E-state index in [4.69, 9.17) is 23.2 Å². The van der Waals surface area contributed by atoms with Crippen LogP contribution in [0.15, 0.2) is 12.1 Å². The van der Waals surface area contributed by atoms with Gasteiger partial charge in [0.05, 0.1) is 16.6 Å². The monoisotopic (exact) mass is 231 g/mol. The fourth-order valence-corrected chi connectivity index (χ4v) is 2.16. The van der Waals surface area contributed by atoms with Crippen molar-refractivity contribution in [2.75, 3.05) is 5.06 Å². The zero-order chi connectivity index (χ0) is 10.5. The maximum atomic E-state index is 11.4. The van der Waals surface area contributed by atoms with Crippen molar-refractivity contribution in [2.24, 2.45) is 0 Å². The Bertz CT molecular complexity index is 383. The van der Waals surface area contributed by atoms with Crippen molar-refractivity contribution >= 4 is 34.8 Å². The van der Waals surface area contributed by atoms with E-state index in [-0.39, 0.29) is 0 Å². The average molecular weight is 232 g/mol. The molecule has 1 amide bonds. The first-order valence-electron chi connectivity index (χ1n) is 4.04. The van der Waals surface area contributed by atoms with Crippen LogP contribution in [0.2, 0.25) is 10.0 Å². The molecule has 0 bridgehead atoms. The lowest BCUT2D eigenvalue weighted by molar-refractivity contribution is -0.123. The Morgan fingerprint density at radius 1 is 1.36 bits per heavy atom. The Morgan fingerprint density at radius 2 is 1.93 bits per heavy atom. The molecule has 0 spiro atoms. The van der Waals surface area contributed by atoms with Crippen molar-refractivity contribution in [1.82, 2.24) is 0 Å². The number of amides is 1. The zero-order valence-electron chi connectivity index (χ0n) is 7.29. The third kappa shape index (κ3) is 1.13. The first kappa shape index (κ1) is 9.77. The molecule has 5 heteroatoms. The molecule has 74 valence electrons. The number of halogens is 2. The van der Waals surface area contributed by atoms with E-state index < -0.39 is 11.8 Å². The molecule has 1 aromatic carbocycles. The normalized spacial score (nSPS) is 20.1. The van der Waals surface area contributed by atoms with Crippen LogP contribution < -0.4 is 5.06 Å². The summed E-state index contributed by atoms with van der Waals surface area (Å²) >= 11 is 11.8. The van der Waals surface area contributed by atoms with Gasteiger partial charge >= 0.3 is 0 Å². The molecule has 1 aromatic rings. The van der Waals surface area contributed by atoms with Crippen molar-refractivity contribution < 1.29 is 10.0 Å². The van der Waals surface area contributed by atoms with E-state index in [2.05, 4.69) is 0 Å². The molecule has 0 saturated carbocycles. The summed E-state index contributed by atoms with van der Waals surface area (Å²) in [5.41, 5.74) is 0.892. The van der Waals surface area contributed by atoms with Gasteiger partial charge < -0.3 is 0 Å². The maximum Gasteiger partial charge on any atom is 0.258 e. The van der Waals surface area contributed by atoms with Crippen molar-refractivity contribution in [3.8, 4) is 0 Å². The lowest BCUT2D eigenvalue weighted by atomic mass is 10.0. The van der Waals surface area contributed by atoms with Crippen LogP contribution in [-0.2, 0) is 4.79 Å². The summed E-state index contributed by atoms with van der Waals surface area (Å²) in [6.45, 7) is 1.68. The van der Waals surface area contributed by atoms with Crippen LogP contribution in [0.3, 0.4) is 0 Å². The lowest BCUT2D eigenvalue weighted by Gasteiger charge is -2.09. The Morgan fingerprint density at radius 3 is 2.50 bits per heavy atom. The summed E-state index contributed by atoms with van der Waals surface area (Å²) in [4.78, 5) is 11.4. The third-order valence-corrected chi connectivity index (χ3v) is 2.97. The second-order valence-corrected chi connectivity index (χ2v) is 3.98. The summed E-state index contributed by atoms with van der Waals surface area (Å²) in [6.07, 6.45) is 0. The number of nitrogens with zero attached hydrogens (tertiary/aromatic N) is 1. The summed E-state index contributed by atoms with van der Waals surface area (Å²) in [5.74, 6) is -0.851. The number of carbonyl (C=O) groups is 1. The van der Waals surface area contributed by atoms with Crippen LogP contribution in [0, 0.1) is 0 Å². The average Bonchev–Trinajstić information content (AvgIpc) is 2.38. The highest BCUT2D eigenvalue weighted by Crippen LogP contribution is 2.44. The minimum atomic E-state index is -0.443. The molecular formula is C9H7Cl2NO2. The molecule has 2 rings (SSSR count). The van der Waals surface area contributed by atoms with Crippen molar-refractivity contribution in [1.29, 1.82) is 0 Å². The van der Waals surface area contributed by atoms with Crippen molar-refractivity contribution in [3.63, 3.8) is 0 Å². The van der Waals surface area contributed by atoms with Crippen molar-refractivity contribution in [2.45, 2.75) is 12.8 Å². The van der Waals surface area contributed by atoms with Gasteiger partial charge in [0.2, 0.25) is 0 Å². The number of carbonyl (C=O) groups excluding carboxylic acids is 1. The second kappa shape index (κ2) is 3.12. The van der Waals surface area contributed by atoms with Gasteiger partial charge in [-0.25, -0.2) is 0 Å². The lowest BCUT2D eigenvalue weighted by Crippen LogP contribution is -2.23. The van der Waals surface area contributed by atoms with Crippen LogP contribution in [0.4, 0.5) is 5.69 Å². The van der Waals surface area contributed by atoms with Crippen LogP contribution in [0.5, 0.6) is 0 Å². The topological polar surface area (TPSA) is 40.5 Å². The van der Waals surface area contributed by atoms with Gasteiger partial charge in [-0.1, -0.05) is 23.2 Å². The number of hydrogen-bond donors (Lipinski definition) is 1. The largest absolute Gasteiger partial charge is 0.281 e. The number of hydroxylamine groups is 1. The third-order valence-electron chi connectivity index (χ3n) is 2.34. The van der Waals surface area contributed by atoms with Gasteiger partial charge in [0.25, 0.3) is 5.91 Å². The van der Waals surface area contributed by atoms with E-state index in [0.29, 0.717) is 26.4 Å². The molecule has 1 N–H and O–H groups in total. The number of anilines is 1. The fraction of sp³-hybridized carbons (Fsp3) is 0.222. The molecule has 0 aromatic heterocycles. The Balaban J connectivity index is 2.74. The Hall–Kier alpha value is -0.770. The molecule has 0 radical (unpaired) electrons. The number of hydrogen-bond acceptors (Lipinski definition) is 2. The smallest absolute Gasteiger partial charge is 0.258 e. The van der Waals surface area contributed by atoms with Gasteiger partial charge in [-0.05, 0) is 19.1 Å². The van der Waals surface area contributed by atoms with Crippen LogP contribution in [0.25, 0.3) is 0 Å². The molecule has 1 atom stereocenters. The van der Waals surface area contributed by atoms with Gasteiger partial charge in [-0.15, -0.1) is 0 Å². The van der Waals surface area contributed by atoms with Crippen LogP contribution in [-0.4, -0.2) is 11.1 Å². The molecule has 0 aliphatic carbocycles. The molecule has 3 nitrogen and oxygen atoms in total. The quantitative estimate of drug-likeness (QED) is 0.698. The van der Waals surface area contributed by atoms with Gasteiger partial charge in [0.1, 0.15) is 0 Å². The minimum absolute atomic E-state index is 0.302. The van der Waals surface area contributed by atoms with Crippen molar-refractivity contribution in [3.05, 3.63) is 27.7 Å². The minimum Gasteiger partial charge on any atom is -0.281 e. The SMILES string of the molecule is CC1C(=O)N(O)c2c(Cl)ccc(Cl)c21. The number of benzene rings is 1. The number of fused-ring (bicyclic) bond motifs is 1. The summed E-state index contributed by atoms with van der Waals surface area (Å²) in [7, 11) is 0. The Kier molecular flexibility index (Phi) is 2.18. The van der Waals surface area contributed by atoms with E-state index >= 15 is 0 Å². The molecule has 1 aliphatic rings. The van der Waals surface area contributed by atoms with Gasteiger partial charge in [0.15, 0.2) is 0 Å². The predicted octanol–water partition coefficient (Wildman–Crippen LogP) is 2.83. The van der Waals surface area contributed by atoms with E-state index in [1.807, 2.05) is 0 Å². The van der Waals surface area contributed by atoms with E-state index in [1.54, 1.807) is 19.1 Å². The van der Waals surface area contributed by atoms with Crippen LogP contribution in [0.1, 0.15) is 18.4 Å². The molecule has 1 heterocycles. The predicted molar refractivity (Wildman–Crippen MR) is 54.1 cm³/mol. The highest BCUT2D eigenvalue weighted by Gasteiger charge is 2.37. The Labute approximate surface area is 90.8 Å². The first-order chi connectivity index (χ1) is 6.54.